The van der Waals surface area contributed by atoms with Crippen LogP contribution in [0.2, 0.25) is 0 Å². The van der Waals surface area contributed by atoms with Crippen molar-refractivity contribution < 1.29 is 19.0 Å². The lowest BCUT2D eigenvalue weighted by atomic mass is 10.2. The molecule has 0 aliphatic carbocycles. The van der Waals surface area contributed by atoms with E-state index in [0.29, 0.717) is 25.7 Å². The summed E-state index contributed by atoms with van der Waals surface area (Å²) in [7, 11) is 1.39. The van der Waals surface area contributed by atoms with Crippen molar-refractivity contribution in [3.8, 4) is 0 Å². The summed E-state index contributed by atoms with van der Waals surface area (Å²) in [5, 5.41) is 6.39. The molecule has 0 saturated carbocycles. The van der Waals surface area contributed by atoms with Crippen molar-refractivity contribution in [1.29, 1.82) is 0 Å². The van der Waals surface area contributed by atoms with Crippen molar-refractivity contribution in [2.45, 2.75) is 32.8 Å². The van der Waals surface area contributed by atoms with Crippen LogP contribution < -0.4 is 10.6 Å². The van der Waals surface area contributed by atoms with Gasteiger partial charge in [-0.15, -0.1) is 24.0 Å². The molecule has 0 bridgehead atoms. The Morgan fingerprint density at radius 2 is 2.22 bits per heavy atom. The van der Waals surface area contributed by atoms with Gasteiger partial charge in [-0.25, -0.2) is 0 Å². The van der Waals surface area contributed by atoms with Gasteiger partial charge in [-0.2, -0.15) is 0 Å². The number of rotatable bonds is 9. The number of aliphatic imine (C=N–C) groups is 1. The number of carbonyl (C=O) groups is 1. The number of halogens is 1. The third-order valence-corrected chi connectivity index (χ3v) is 3.33. The Bertz CT molecular complexity index is 350. The van der Waals surface area contributed by atoms with Crippen molar-refractivity contribution in [3.05, 3.63) is 0 Å². The molecule has 1 saturated heterocycles. The summed E-state index contributed by atoms with van der Waals surface area (Å²) >= 11 is 0. The predicted octanol–water partition coefficient (Wildman–Crippen LogP) is 1.16. The fraction of sp³-hybridized carbons (Fsp3) is 0.867. The largest absolute Gasteiger partial charge is 0.469 e. The lowest BCUT2D eigenvalue weighted by Gasteiger charge is -2.13. The summed E-state index contributed by atoms with van der Waals surface area (Å²) in [5.74, 6) is 0.223. The molecule has 136 valence electrons. The van der Waals surface area contributed by atoms with Crippen molar-refractivity contribution in [2.75, 3.05) is 46.6 Å². The average Bonchev–Trinajstić information content (AvgIpc) is 3.04. The van der Waals surface area contributed by atoms with Crippen LogP contribution in [0.4, 0.5) is 0 Å². The number of ether oxygens (including phenoxy) is 3. The van der Waals surface area contributed by atoms with Crippen LogP contribution >= 0.6 is 24.0 Å². The van der Waals surface area contributed by atoms with Gasteiger partial charge in [-0.05, 0) is 19.8 Å². The lowest BCUT2D eigenvalue weighted by Crippen LogP contribution is -2.38. The predicted molar refractivity (Wildman–Crippen MR) is 100 cm³/mol. The molecule has 0 amide bonds. The molecule has 23 heavy (non-hydrogen) atoms. The molecule has 7 nitrogen and oxygen atoms in total. The molecular weight excluding hydrogens is 413 g/mol. The van der Waals surface area contributed by atoms with E-state index in [1.165, 1.54) is 7.11 Å². The fourth-order valence-electron chi connectivity index (χ4n) is 2.02. The third-order valence-electron chi connectivity index (χ3n) is 3.33. The Morgan fingerprint density at radius 3 is 2.83 bits per heavy atom. The molecule has 2 N–H and O–H groups in total. The molecule has 0 aromatic carbocycles. The second-order valence-corrected chi connectivity index (χ2v) is 5.28. The van der Waals surface area contributed by atoms with E-state index in [1.807, 2.05) is 6.92 Å². The minimum atomic E-state index is -0.244. The minimum Gasteiger partial charge on any atom is -0.469 e. The van der Waals surface area contributed by atoms with Crippen LogP contribution in [-0.4, -0.2) is 64.6 Å². The number of methoxy groups -OCH3 is 1. The van der Waals surface area contributed by atoms with Gasteiger partial charge < -0.3 is 24.8 Å². The minimum absolute atomic E-state index is 0. The molecule has 0 aromatic rings. The van der Waals surface area contributed by atoms with Gasteiger partial charge in [0.15, 0.2) is 5.96 Å². The van der Waals surface area contributed by atoms with Gasteiger partial charge in [0.1, 0.15) is 0 Å². The van der Waals surface area contributed by atoms with E-state index in [9.17, 15) is 4.79 Å². The van der Waals surface area contributed by atoms with E-state index >= 15 is 0 Å². The van der Waals surface area contributed by atoms with Crippen LogP contribution in [0.1, 0.15) is 26.7 Å². The molecule has 1 rings (SSSR count). The monoisotopic (exact) mass is 443 g/mol. The van der Waals surface area contributed by atoms with Crippen molar-refractivity contribution >= 4 is 35.9 Å². The molecule has 8 heteroatoms. The zero-order valence-corrected chi connectivity index (χ0v) is 16.6. The quantitative estimate of drug-likeness (QED) is 0.183. The summed E-state index contributed by atoms with van der Waals surface area (Å²) in [6, 6.07) is 0. The Hall–Kier alpha value is -0.610. The van der Waals surface area contributed by atoms with Crippen molar-refractivity contribution in [2.24, 2.45) is 10.9 Å². The second-order valence-electron chi connectivity index (χ2n) is 5.28. The molecule has 2 atom stereocenters. The molecule has 1 aliphatic rings. The first-order valence-electron chi connectivity index (χ1n) is 7.96. The highest BCUT2D eigenvalue weighted by molar-refractivity contribution is 14.0. The average molecular weight is 443 g/mol. The standard InChI is InChI=1S/C15H29N3O4.HI/c1-4-16-15(18-10-12(2)14(19)20-3)17-7-5-8-22-13-6-9-21-11-13;/h12-13H,4-11H2,1-3H3,(H2,16,17,18);1H. The van der Waals surface area contributed by atoms with E-state index in [4.69, 9.17) is 14.2 Å². The summed E-state index contributed by atoms with van der Waals surface area (Å²) in [6.07, 6.45) is 2.14. The van der Waals surface area contributed by atoms with E-state index in [1.54, 1.807) is 6.92 Å². The summed E-state index contributed by atoms with van der Waals surface area (Å²) in [6.45, 7) is 7.97. The maximum absolute atomic E-state index is 11.3. The summed E-state index contributed by atoms with van der Waals surface area (Å²) in [4.78, 5) is 15.7. The Labute approximate surface area is 155 Å². The van der Waals surface area contributed by atoms with Gasteiger partial charge in [-0.3, -0.25) is 9.79 Å². The summed E-state index contributed by atoms with van der Waals surface area (Å²) < 4.78 is 15.7. The van der Waals surface area contributed by atoms with E-state index in [-0.39, 0.29) is 42.0 Å². The van der Waals surface area contributed by atoms with Crippen LogP contribution in [0.15, 0.2) is 4.99 Å². The maximum Gasteiger partial charge on any atom is 0.310 e. The molecular formula is C15H30IN3O4. The molecule has 1 fully saturated rings. The van der Waals surface area contributed by atoms with Crippen LogP contribution in [0.5, 0.6) is 0 Å². The maximum atomic E-state index is 11.3. The number of guanidine groups is 1. The molecule has 0 aromatic heterocycles. The molecule has 2 unspecified atom stereocenters. The fourth-order valence-corrected chi connectivity index (χ4v) is 2.02. The third kappa shape index (κ3) is 9.98. The van der Waals surface area contributed by atoms with Gasteiger partial charge in [0.25, 0.3) is 0 Å². The lowest BCUT2D eigenvalue weighted by molar-refractivity contribution is -0.144. The first kappa shape index (κ1) is 22.4. The van der Waals surface area contributed by atoms with Crippen LogP contribution in [0, 0.1) is 5.92 Å². The highest BCUT2D eigenvalue weighted by Gasteiger charge is 2.15. The number of esters is 1. The first-order valence-corrected chi connectivity index (χ1v) is 7.96. The smallest absolute Gasteiger partial charge is 0.310 e. The normalized spacial score (nSPS) is 18.9. The number of hydrogen-bond donors (Lipinski definition) is 2. The van der Waals surface area contributed by atoms with Gasteiger partial charge >= 0.3 is 5.97 Å². The van der Waals surface area contributed by atoms with Crippen LogP contribution in [-0.2, 0) is 19.0 Å². The SMILES string of the molecule is CCNC(=NCC(C)C(=O)OC)NCCCOC1CCOC1.I. The Morgan fingerprint density at radius 1 is 1.43 bits per heavy atom. The topological polar surface area (TPSA) is 81.2 Å². The van der Waals surface area contributed by atoms with Gasteiger partial charge in [0.05, 0.1) is 32.3 Å². The van der Waals surface area contributed by atoms with Crippen LogP contribution in [0.25, 0.3) is 0 Å². The number of hydrogen-bond acceptors (Lipinski definition) is 5. The van der Waals surface area contributed by atoms with Crippen molar-refractivity contribution in [3.63, 3.8) is 0 Å². The molecule has 1 aliphatic heterocycles. The zero-order chi connectivity index (χ0) is 16.2. The Kier molecular flexibility index (Phi) is 13.4. The molecule has 0 spiro atoms. The van der Waals surface area contributed by atoms with Gasteiger partial charge in [-0.1, -0.05) is 6.92 Å². The Balaban J connectivity index is 0.00000484. The highest BCUT2D eigenvalue weighted by Crippen LogP contribution is 2.07. The highest BCUT2D eigenvalue weighted by atomic mass is 127. The van der Waals surface area contributed by atoms with E-state index < -0.39 is 0 Å². The van der Waals surface area contributed by atoms with E-state index in [2.05, 4.69) is 15.6 Å². The zero-order valence-electron chi connectivity index (χ0n) is 14.3. The first-order chi connectivity index (χ1) is 10.7. The molecule has 1 heterocycles. The van der Waals surface area contributed by atoms with Gasteiger partial charge in [0.2, 0.25) is 0 Å². The van der Waals surface area contributed by atoms with Crippen molar-refractivity contribution in [1.82, 2.24) is 10.6 Å². The van der Waals surface area contributed by atoms with Crippen LogP contribution in [0.3, 0.4) is 0 Å². The van der Waals surface area contributed by atoms with Gasteiger partial charge in [0, 0.05) is 26.3 Å². The summed E-state index contributed by atoms with van der Waals surface area (Å²) in [5.41, 5.74) is 0. The molecule has 0 radical (unpaired) electrons. The second kappa shape index (κ2) is 13.8. The number of carbonyl (C=O) groups excluding carboxylic acids is 1. The number of nitrogens with one attached hydrogen (secondary N) is 2. The van der Waals surface area contributed by atoms with E-state index in [0.717, 1.165) is 32.5 Å². The number of nitrogens with zero attached hydrogens (tertiary/aromatic N) is 1.